The number of hydrogen-bond donors (Lipinski definition) is 2. The zero-order valence-electron chi connectivity index (χ0n) is 11.0. The van der Waals surface area contributed by atoms with E-state index in [1.54, 1.807) is 20.8 Å². The minimum Gasteiger partial charge on any atom is -0.478 e. The van der Waals surface area contributed by atoms with E-state index in [4.69, 9.17) is 5.11 Å². The molecule has 19 heavy (non-hydrogen) atoms. The van der Waals surface area contributed by atoms with Gasteiger partial charge < -0.3 is 10.4 Å². The van der Waals surface area contributed by atoms with Crippen LogP contribution in [0.3, 0.4) is 0 Å². The first-order valence-corrected chi connectivity index (χ1v) is 5.72. The van der Waals surface area contributed by atoms with Crippen LogP contribution in [-0.4, -0.2) is 17.0 Å². The zero-order valence-corrected chi connectivity index (χ0v) is 11.0. The normalized spacial score (nSPS) is 11.6. The molecule has 0 atom stereocenters. The van der Waals surface area contributed by atoms with E-state index < -0.39 is 17.2 Å². The number of carbonyl (C=O) groups is 2. The third-order valence-corrected chi connectivity index (χ3v) is 2.34. The quantitative estimate of drug-likeness (QED) is 0.826. The third kappa shape index (κ3) is 4.54. The molecular weight excluding hydrogens is 249 g/mol. The fourth-order valence-electron chi connectivity index (χ4n) is 1.23. The molecule has 1 amide bonds. The van der Waals surface area contributed by atoms with E-state index >= 15 is 0 Å². The van der Waals surface area contributed by atoms with Gasteiger partial charge in [-0.05, 0) is 24.3 Å². The second-order valence-electron chi connectivity index (χ2n) is 5.11. The number of rotatable bonds is 3. The second-order valence-corrected chi connectivity index (χ2v) is 5.11. The summed E-state index contributed by atoms with van der Waals surface area (Å²) in [5.74, 6) is -1.91. The lowest BCUT2D eigenvalue weighted by atomic mass is 9.95. The summed E-state index contributed by atoms with van der Waals surface area (Å²) in [6, 6.07) is 4.00. The Hall–Kier alpha value is -2.17. The van der Waals surface area contributed by atoms with Crippen molar-refractivity contribution in [1.29, 1.82) is 0 Å². The number of amides is 1. The summed E-state index contributed by atoms with van der Waals surface area (Å²) in [7, 11) is 0. The molecule has 5 heteroatoms. The lowest BCUT2D eigenvalue weighted by molar-refractivity contribution is -0.131. The first-order chi connectivity index (χ1) is 8.70. The van der Waals surface area contributed by atoms with Crippen molar-refractivity contribution in [2.75, 3.05) is 5.32 Å². The van der Waals surface area contributed by atoms with Gasteiger partial charge in [-0.2, -0.15) is 0 Å². The van der Waals surface area contributed by atoms with E-state index in [9.17, 15) is 14.0 Å². The minimum absolute atomic E-state index is 0.106. The molecule has 0 fully saturated rings. The Morgan fingerprint density at radius 1 is 1.32 bits per heavy atom. The molecule has 0 heterocycles. The highest BCUT2D eigenvalue weighted by Crippen LogP contribution is 2.20. The van der Waals surface area contributed by atoms with Crippen molar-refractivity contribution < 1.29 is 19.1 Å². The molecule has 0 bridgehead atoms. The Morgan fingerprint density at radius 2 is 1.95 bits per heavy atom. The van der Waals surface area contributed by atoms with Gasteiger partial charge in [0.1, 0.15) is 5.82 Å². The van der Waals surface area contributed by atoms with Gasteiger partial charge in [-0.15, -0.1) is 0 Å². The second kappa shape index (κ2) is 5.65. The molecule has 0 aliphatic heterocycles. The monoisotopic (exact) mass is 265 g/mol. The van der Waals surface area contributed by atoms with Crippen LogP contribution in [-0.2, 0) is 9.59 Å². The molecule has 0 aromatic heterocycles. The maximum Gasteiger partial charge on any atom is 0.328 e. The average molecular weight is 265 g/mol. The third-order valence-electron chi connectivity index (χ3n) is 2.34. The van der Waals surface area contributed by atoms with Crippen LogP contribution in [0.25, 0.3) is 6.08 Å². The van der Waals surface area contributed by atoms with Gasteiger partial charge in [-0.1, -0.05) is 20.8 Å². The van der Waals surface area contributed by atoms with Crippen molar-refractivity contribution in [3.8, 4) is 0 Å². The molecule has 0 saturated carbocycles. The molecule has 102 valence electrons. The zero-order chi connectivity index (χ0) is 14.6. The smallest absolute Gasteiger partial charge is 0.328 e. The van der Waals surface area contributed by atoms with Crippen molar-refractivity contribution in [2.24, 2.45) is 5.41 Å². The van der Waals surface area contributed by atoms with Crippen molar-refractivity contribution in [2.45, 2.75) is 20.8 Å². The van der Waals surface area contributed by atoms with Crippen LogP contribution in [0.2, 0.25) is 0 Å². The van der Waals surface area contributed by atoms with Crippen LogP contribution in [0.4, 0.5) is 10.1 Å². The fraction of sp³-hybridized carbons (Fsp3) is 0.286. The number of anilines is 1. The van der Waals surface area contributed by atoms with E-state index in [2.05, 4.69) is 5.32 Å². The van der Waals surface area contributed by atoms with Gasteiger partial charge in [0.15, 0.2) is 0 Å². The first kappa shape index (κ1) is 14.9. The molecule has 4 nitrogen and oxygen atoms in total. The highest BCUT2D eigenvalue weighted by molar-refractivity contribution is 5.95. The average Bonchev–Trinajstić information content (AvgIpc) is 2.28. The Morgan fingerprint density at radius 3 is 2.47 bits per heavy atom. The Kier molecular flexibility index (Phi) is 4.43. The van der Waals surface area contributed by atoms with E-state index in [1.165, 1.54) is 18.2 Å². The summed E-state index contributed by atoms with van der Waals surface area (Å²) in [6.45, 7) is 5.28. The van der Waals surface area contributed by atoms with Gasteiger partial charge in [-0.25, -0.2) is 9.18 Å². The van der Waals surface area contributed by atoms with Crippen LogP contribution in [0.1, 0.15) is 26.3 Å². The van der Waals surface area contributed by atoms with Crippen LogP contribution >= 0.6 is 0 Å². The van der Waals surface area contributed by atoms with E-state index in [1.807, 2.05) is 0 Å². The summed E-state index contributed by atoms with van der Waals surface area (Å²) in [6.07, 6.45) is 1.98. The highest BCUT2D eigenvalue weighted by Gasteiger charge is 2.21. The number of aliphatic carboxylic acids is 1. The number of benzene rings is 1. The lowest BCUT2D eigenvalue weighted by Gasteiger charge is -2.17. The number of halogens is 1. The van der Waals surface area contributed by atoms with Gasteiger partial charge in [0, 0.05) is 22.7 Å². The largest absolute Gasteiger partial charge is 0.478 e. The SMILES string of the molecule is CC(C)(C)C(=O)Nc1ccc(F)c(/C=C/C(=O)O)c1. The molecule has 0 aliphatic carbocycles. The van der Waals surface area contributed by atoms with E-state index in [0.717, 1.165) is 12.2 Å². The topological polar surface area (TPSA) is 66.4 Å². The van der Waals surface area contributed by atoms with E-state index in [-0.39, 0.29) is 11.5 Å². The standard InChI is InChI=1S/C14H16FNO3/c1-14(2,3)13(19)16-10-5-6-11(15)9(8-10)4-7-12(17)18/h4-8H,1-3H3,(H,16,19)(H,17,18)/b7-4+. The summed E-state index contributed by atoms with van der Waals surface area (Å²) in [4.78, 5) is 22.2. The molecule has 0 spiro atoms. The predicted molar refractivity (Wildman–Crippen MR) is 71.2 cm³/mol. The highest BCUT2D eigenvalue weighted by atomic mass is 19.1. The molecule has 1 rings (SSSR count). The number of nitrogens with one attached hydrogen (secondary N) is 1. The van der Waals surface area contributed by atoms with Crippen LogP contribution in [0.5, 0.6) is 0 Å². The predicted octanol–water partition coefficient (Wildman–Crippen LogP) is 2.91. The first-order valence-electron chi connectivity index (χ1n) is 5.72. The molecule has 1 aromatic rings. The van der Waals surface area contributed by atoms with Gasteiger partial charge in [0.25, 0.3) is 0 Å². The molecule has 0 radical (unpaired) electrons. The number of hydrogen-bond acceptors (Lipinski definition) is 2. The molecule has 0 unspecified atom stereocenters. The molecule has 1 aromatic carbocycles. The molecule has 2 N–H and O–H groups in total. The maximum atomic E-state index is 13.4. The van der Waals surface area contributed by atoms with Crippen molar-refractivity contribution in [1.82, 2.24) is 0 Å². The summed E-state index contributed by atoms with van der Waals surface area (Å²) >= 11 is 0. The maximum absolute atomic E-state index is 13.4. The molecular formula is C14H16FNO3. The lowest BCUT2D eigenvalue weighted by Crippen LogP contribution is -2.27. The minimum atomic E-state index is -1.16. The van der Waals surface area contributed by atoms with Crippen molar-refractivity contribution >= 4 is 23.6 Å². The number of carbonyl (C=O) groups excluding carboxylic acids is 1. The Labute approximate surface area is 110 Å². The van der Waals surface area contributed by atoms with Crippen LogP contribution in [0.15, 0.2) is 24.3 Å². The van der Waals surface area contributed by atoms with Gasteiger partial charge in [0.2, 0.25) is 5.91 Å². The van der Waals surface area contributed by atoms with Gasteiger partial charge in [-0.3, -0.25) is 4.79 Å². The van der Waals surface area contributed by atoms with Gasteiger partial charge in [0.05, 0.1) is 0 Å². The molecule has 0 aliphatic rings. The Balaban J connectivity index is 2.97. The fourth-order valence-corrected chi connectivity index (χ4v) is 1.23. The number of carboxylic acids is 1. The summed E-state index contributed by atoms with van der Waals surface area (Å²) < 4.78 is 13.4. The van der Waals surface area contributed by atoms with Crippen molar-refractivity contribution in [3.05, 3.63) is 35.7 Å². The van der Waals surface area contributed by atoms with Gasteiger partial charge >= 0.3 is 5.97 Å². The van der Waals surface area contributed by atoms with E-state index in [0.29, 0.717) is 5.69 Å². The molecule has 0 saturated heterocycles. The van der Waals surface area contributed by atoms with Crippen molar-refractivity contribution in [3.63, 3.8) is 0 Å². The summed E-state index contributed by atoms with van der Waals surface area (Å²) in [5, 5.41) is 11.2. The van der Waals surface area contributed by atoms with Crippen LogP contribution in [0, 0.1) is 11.2 Å². The summed E-state index contributed by atoms with van der Waals surface area (Å²) in [5.41, 5.74) is -0.0358. The Bertz CT molecular complexity index is 530. The number of carboxylic acid groups (broad SMARTS) is 1. The van der Waals surface area contributed by atoms with Crippen LogP contribution < -0.4 is 5.32 Å².